The monoisotopic (exact) mass is 342 g/mol. The summed E-state index contributed by atoms with van der Waals surface area (Å²) in [4.78, 5) is 16.3. The summed E-state index contributed by atoms with van der Waals surface area (Å²) in [5.41, 5.74) is 3.52. The molecule has 3 rings (SSSR count). The highest BCUT2D eigenvalue weighted by atomic mass is 16.5. The fraction of sp³-hybridized carbons (Fsp3) is 0.474. The summed E-state index contributed by atoms with van der Waals surface area (Å²) in [7, 11) is 3.66. The van der Waals surface area contributed by atoms with E-state index in [1.165, 1.54) is 11.3 Å². The maximum absolute atomic E-state index is 11.9. The van der Waals surface area contributed by atoms with Crippen molar-refractivity contribution in [3.05, 3.63) is 47.3 Å². The number of nitrogens with zero attached hydrogens (tertiary/aromatic N) is 4. The highest BCUT2D eigenvalue weighted by Crippen LogP contribution is 2.33. The van der Waals surface area contributed by atoms with Crippen molar-refractivity contribution in [1.82, 2.24) is 19.6 Å². The third kappa shape index (κ3) is 3.54. The van der Waals surface area contributed by atoms with Crippen LogP contribution in [-0.4, -0.2) is 52.2 Å². The summed E-state index contributed by atoms with van der Waals surface area (Å²) in [6, 6.07) is 8.18. The number of methoxy groups -OCH3 is 1. The number of hydrogen-bond acceptors (Lipinski definition) is 4. The number of piperazine rings is 1. The lowest BCUT2D eigenvalue weighted by Gasteiger charge is -2.41. The molecule has 0 unspecified atom stereocenters. The molecule has 6 heteroatoms. The number of carbonyl (C=O) groups excluding carboxylic acids is 1. The van der Waals surface area contributed by atoms with Crippen molar-refractivity contribution in [1.29, 1.82) is 0 Å². The van der Waals surface area contributed by atoms with Gasteiger partial charge in [0.15, 0.2) is 0 Å². The van der Waals surface area contributed by atoms with Gasteiger partial charge in [0.1, 0.15) is 5.75 Å². The standard InChI is InChI=1S/C19H26N4O2/c1-14-16(11-20-21(14)3)12-23-10-9-22(15(2)24)13-18(23)17-7-5-6-8-19(17)25-4/h5-8,11,18H,9-10,12-13H2,1-4H3/t18-/m0/s1. The largest absolute Gasteiger partial charge is 0.496 e. The van der Waals surface area contributed by atoms with Crippen LogP contribution in [-0.2, 0) is 18.4 Å². The molecule has 134 valence electrons. The number of para-hydroxylation sites is 1. The lowest BCUT2D eigenvalue weighted by atomic mass is 10.00. The van der Waals surface area contributed by atoms with Crippen molar-refractivity contribution >= 4 is 5.91 Å². The molecule has 1 fully saturated rings. The lowest BCUT2D eigenvalue weighted by molar-refractivity contribution is -0.132. The van der Waals surface area contributed by atoms with E-state index in [0.29, 0.717) is 6.54 Å². The Labute approximate surface area is 149 Å². The van der Waals surface area contributed by atoms with Crippen LogP contribution >= 0.6 is 0 Å². The summed E-state index contributed by atoms with van der Waals surface area (Å²) in [5.74, 6) is 0.989. The van der Waals surface area contributed by atoms with Crippen LogP contribution in [0.4, 0.5) is 0 Å². The van der Waals surface area contributed by atoms with Gasteiger partial charge in [-0.3, -0.25) is 14.4 Å². The van der Waals surface area contributed by atoms with Gasteiger partial charge in [-0.05, 0) is 13.0 Å². The van der Waals surface area contributed by atoms with Gasteiger partial charge in [0, 0.05) is 57.0 Å². The van der Waals surface area contributed by atoms with E-state index in [4.69, 9.17) is 4.74 Å². The highest BCUT2D eigenvalue weighted by molar-refractivity contribution is 5.73. The average molecular weight is 342 g/mol. The van der Waals surface area contributed by atoms with Crippen LogP contribution in [0.1, 0.15) is 29.8 Å². The molecule has 0 saturated carbocycles. The van der Waals surface area contributed by atoms with E-state index in [1.807, 2.05) is 41.0 Å². The molecule has 1 amide bonds. The third-order valence-electron chi connectivity index (χ3n) is 5.14. The Bertz CT molecular complexity index is 756. The number of aryl methyl sites for hydroxylation is 1. The Morgan fingerprint density at radius 1 is 1.32 bits per heavy atom. The van der Waals surface area contributed by atoms with E-state index in [2.05, 4.69) is 23.0 Å². The predicted octanol–water partition coefficient (Wildman–Crippen LogP) is 2.14. The Morgan fingerprint density at radius 3 is 2.72 bits per heavy atom. The smallest absolute Gasteiger partial charge is 0.219 e. The summed E-state index contributed by atoms with van der Waals surface area (Å²) in [5, 5.41) is 4.36. The molecule has 1 aromatic carbocycles. The Hall–Kier alpha value is -2.34. The molecular weight excluding hydrogens is 316 g/mol. The predicted molar refractivity (Wildman–Crippen MR) is 96.3 cm³/mol. The summed E-state index contributed by atoms with van der Waals surface area (Å²) in [6.45, 7) is 6.80. The molecule has 0 N–H and O–H groups in total. The van der Waals surface area contributed by atoms with Crippen molar-refractivity contribution in [2.45, 2.75) is 26.4 Å². The zero-order chi connectivity index (χ0) is 18.0. The van der Waals surface area contributed by atoms with Gasteiger partial charge in [-0.25, -0.2) is 0 Å². The molecule has 1 saturated heterocycles. The van der Waals surface area contributed by atoms with E-state index in [0.717, 1.165) is 30.9 Å². The maximum Gasteiger partial charge on any atom is 0.219 e. The first-order valence-corrected chi connectivity index (χ1v) is 8.61. The second-order valence-electron chi connectivity index (χ2n) is 6.57. The lowest BCUT2D eigenvalue weighted by Crippen LogP contribution is -2.49. The van der Waals surface area contributed by atoms with Crippen molar-refractivity contribution in [3.8, 4) is 5.75 Å². The second-order valence-corrected chi connectivity index (χ2v) is 6.57. The van der Waals surface area contributed by atoms with Gasteiger partial charge < -0.3 is 9.64 Å². The fourth-order valence-electron chi connectivity index (χ4n) is 3.45. The first-order chi connectivity index (χ1) is 12.0. The maximum atomic E-state index is 11.9. The van der Waals surface area contributed by atoms with Crippen LogP contribution in [0.5, 0.6) is 5.75 Å². The molecule has 25 heavy (non-hydrogen) atoms. The molecule has 0 spiro atoms. The zero-order valence-corrected chi connectivity index (χ0v) is 15.4. The van der Waals surface area contributed by atoms with Crippen molar-refractivity contribution < 1.29 is 9.53 Å². The van der Waals surface area contributed by atoms with E-state index in [9.17, 15) is 4.79 Å². The SMILES string of the molecule is COc1ccccc1[C@@H]1CN(C(C)=O)CCN1Cc1cnn(C)c1C. The Kier molecular flexibility index (Phi) is 5.08. The van der Waals surface area contributed by atoms with Crippen molar-refractivity contribution in [2.75, 3.05) is 26.7 Å². The van der Waals surface area contributed by atoms with Crippen molar-refractivity contribution in [3.63, 3.8) is 0 Å². The Morgan fingerprint density at radius 2 is 2.08 bits per heavy atom. The summed E-state index contributed by atoms with van der Waals surface area (Å²) >= 11 is 0. The minimum Gasteiger partial charge on any atom is -0.496 e. The van der Waals surface area contributed by atoms with Gasteiger partial charge in [-0.1, -0.05) is 18.2 Å². The van der Waals surface area contributed by atoms with Crippen LogP contribution in [0.25, 0.3) is 0 Å². The molecule has 0 bridgehead atoms. The molecule has 6 nitrogen and oxygen atoms in total. The highest BCUT2D eigenvalue weighted by Gasteiger charge is 2.31. The molecule has 0 aliphatic carbocycles. The number of amides is 1. The van der Waals surface area contributed by atoms with Crippen LogP contribution in [0.3, 0.4) is 0 Å². The normalized spacial score (nSPS) is 18.4. The topological polar surface area (TPSA) is 50.6 Å². The molecule has 1 aliphatic heterocycles. The number of ether oxygens (including phenoxy) is 1. The van der Waals surface area contributed by atoms with E-state index in [1.54, 1.807) is 14.0 Å². The van der Waals surface area contributed by atoms with Gasteiger partial charge in [0.25, 0.3) is 0 Å². The van der Waals surface area contributed by atoms with Gasteiger partial charge in [-0.2, -0.15) is 5.10 Å². The molecule has 2 aromatic rings. The van der Waals surface area contributed by atoms with Crippen LogP contribution < -0.4 is 4.74 Å². The van der Waals surface area contributed by atoms with E-state index < -0.39 is 0 Å². The number of carbonyl (C=O) groups is 1. The number of aromatic nitrogens is 2. The van der Waals surface area contributed by atoms with Gasteiger partial charge in [0.2, 0.25) is 5.91 Å². The molecule has 0 radical (unpaired) electrons. The van der Waals surface area contributed by atoms with Crippen LogP contribution in [0, 0.1) is 6.92 Å². The van der Waals surface area contributed by atoms with Gasteiger partial charge in [0.05, 0.1) is 19.3 Å². The number of hydrogen-bond donors (Lipinski definition) is 0. The minimum atomic E-state index is 0.105. The first kappa shape index (κ1) is 17.5. The summed E-state index contributed by atoms with van der Waals surface area (Å²) in [6.07, 6.45) is 1.94. The van der Waals surface area contributed by atoms with Gasteiger partial charge in [-0.15, -0.1) is 0 Å². The third-order valence-corrected chi connectivity index (χ3v) is 5.14. The quantitative estimate of drug-likeness (QED) is 0.854. The van der Waals surface area contributed by atoms with E-state index >= 15 is 0 Å². The Balaban J connectivity index is 1.92. The number of benzene rings is 1. The average Bonchev–Trinajstić information content (AvgIpc) is 2.94. The molecular formula is C19H26N4O2. The molecule has 2 heterocycles. The minimum absolute atomic E-state index is 0.105. The van der Waals surface area contributed by atoms with Crippen LogP contribution in [0.15, 0.2) is 30.5 Å². The zero-order valence-electron chi connectivity index (χ0n) is 15.4. The van der Waals surface area contributed by atoms with E-state index in [-0.39, 0.29) is 11.9 Å². The molecule has 1 atom stereocenters. The van der Waals surface area contributed by atoms with Crippen molar-refractivity contribution in [2.24, 2.45) is 7.05 Å². The molecule has 1 aliphatic rings. The second kappa shape index (κ2) is 7.27. The molecule has 1 aromatic heterocycles. The summed E-state index contributed by atoms with van der Waals surface area (Å²) < 4.78 is 7.48. The fourth-order valence-corrected chi connectivity index (χ4v) is 3.45. The van der Waals surface area contributed by atoms with Crippen LogP contribution in [0.2, 0.25) is 0 Å². The van der Waals surface area contributed by atoms with Gasteiger partial charge >= 0.3 is 0 Å². The first-order valence-electron chi connectivity index (χ1n) is 8.61. The number of rotatable bonds is 4.